The van der Waals surface area contributed by atoms with Gasteiger partial charge in [0.2, 0.25) is 0 Å². The number of benzene rings is 1. The molecule has 3 nitrogen and oxygen atoms in total. The first-order valence-electron chi connectivity index (χ1n) is 6.31. The van der Waals surface area contributed by atoms with Crippen molar-refractivity contribution in [3.8, 4) is 11.8 Å². The predicted octanol–water partition coefficient (Wildman–Crippen LogP) is 3.27. The molecule has 1 aromatic rings. The van der Waals surface area contributed by atoms with Crippen LogP contribution < -0.4 is 10.1 Å². The van der Waals surface area contributed by atoms with E-state index >= 15 is 0 Å². The molecule has 1 aromatic carbocycles. The summed E-state index contributed by atoms with van der Waals surface area (Å²) in [6.07, 6.45) is 3.82. The largest absolute Gasteiger partial charge is 0.493 e. The third kappa shape index (κ3) is 4.21. The van der Waals surface area contributed by atoms with Crippen molar-refractivity contribution in [2.24, 2.45) is 0 Å². The highest BCUT2D eigenvalue weighted by atomic mass is 35.5. The second-order valence-electron chi connectivity index (χ2n) is 4.52. The maximum Gasteiger partial charge on any atom is 0.123 e. The first-order chi connectivity index (χ1) is 8.79. The number of nitrogens with zero attached hydrogens (tertiary/aromatic N) is 1. The molecule has 1 aliphatic carbocycles. The first-order valence-corrected chi connectivity index (χ1v) is 6.69. The minimum Gasteiger partial charge on any atom is -0.493 e. The van der Waals surface area contributed by atoms with Crippen LogP contribution in [-0.4, -0.2) is 12.6 Å². The quantitative estimate of drug-likeness (QED) is 0.769. The van der Waals surface area contributed by atoms with E-state index in [1.54, 1.807) is 0 Å². The Labute approximate surface area is 113 Å². The van der Waals surface area contributed by atoms with E-state index in [0.29, 0.717) is 19.1 Å². The van der Waals surface area contributed by atoms with Crippen LogP contribution in [0.25, 0.3) is 0 Å². The topological polar surface area (TPSA) is 45.0 Å². The van der Waals surface area contributed by atoms with E-state index in [0.717, 1.165) is 29.3 Å². The average Bonchev–Trinajstić information content (AvgIpc) is 3.18. The fourth-order valence-corrected chi connectivity index (χ4v) is 1.90. The summed E-state index contributed by atoms with van der Waals surface area (Å²) in [5.74, 6) is 0.866. The molecular formula is C14H17ClN2O. The molecule has 0 atom stereocenters. The van der Waals surface area contributed by atoms with Crippen molar-refractivity contribution in [2.75, 3.05) is 6.61 Å². The Hall–Kier alpha value is -1.24. The number of halogens is 1. The third-order valence-electron chi connectivity index (χ3n) is 2.87. The second-order valence-corrected chi connectivity index (χ2v) is 4.95. The monoisotopic (exact) mass is 264 g/mol. The van der Waals surface area contributed by atoms with Crippen molar-refractivity contribution in [3.05, 3.63) is 28.8 Å². The number of unbranched alkanes of at least 4 members (excludes halogenated alkanes) is 1. The molecule has 96 valence electrons. The number of hydrogen-bond donors (Lipinski definition) is 1. The van der Waals surface area contributed by atoms with Gasteiger partial charge in [-0.3, -0.25) is 0 Å². The lowest BCUT2D eigenvalue weighted by Gasteiger charge is -2.12. The highest BCUT2D eigenvalue weighted by molar-refractivity contribution is 6.30. The van der Waals surface area contributed by atoms with E-state index in [-0.39, 0.29) is 0 Å². The lowest BCUT2D eigenvalue weighted by atomic mass is 10.2. The summed E-state index contributed by atoms with van der Waals surface area (Å²) in [6, 6.07) is 8.45. The van der Waals surface area contributed by atoms with Crippen LogP contribution in [0.2, 0.25) is 5.02 Å². The van der Waals surface area contributed by atoms with Crippen molar-refractivity contribution < 1.29 is 4.74 Å². The summed E-state index contributed by atoms with van der Waals surface area (Å²) in [5, 5.41) is 12.7. The molecular weight excluding hydrogens is 248 g/mol. The summed E-state index contributed by atoms with van der Waals surface area (Å²) >= 11 is 6.01. The van der Waals surface area contributed by atoms with Crippen LogP contribution in [0, 0.1) is 11.3 Å². The Morgan fingerprint density at radius 2 is 2.28 bits per heavy atom. The SMILES string of the molecule is N#CCCCOc1ccc(Cl)cc1CNC1CC1. The average molecular weight is 265 g/mol. The normalized spacial score (nSPS) is 14.2. The molecule has 1 aliphatic rings. The van der Waals surface area contributed by atoms with E-state index in [4.69, 9.17) is 21.6 Å². The molecule has 1 fully saturated rings. The van der Waals surface area contributed by atoms with Gasteiger partial charge in [-0.25, -0.2) is 0 Å². The standard InChI is InChI=1S/C14H17ClN2O/c15-12-3-6-14(18-8-2-1-7-16)11(9-12)10-17-13-4-5-13/h3,6,9,13,17H,1-2,4-5,8,10H2. The second kappa shape index (κ2) is 6.63. The van der Waals surface area contributed by atoms with Gasteiger partial charge < -0.3 is 10.1 Å². The fourth-order valence-electron chi connectivity index (χ4n) is 1.70. The molecule has 0 saturated heterocycles. The zero-order chi connectivity index (χ0) is 12.8. The van der Waals surface area contributed by atoms with Gasteiger partial charge in [0.05, 0.1) is 12.7 Å². The molecule has 0 aromatic heterocycles. The van der Waals surface area contributed by atoms with Crippen LogP contribution in [0.3, 0.4) is 0 Å². The molecule has 0 unspecified atom stereocenters. The molecule has 0 heterocycles. The van der Waals surface area contributed by atoms with Gasteiger partial charge >= 0.3 is 0 Å². The number of rotatable bonds is 7. The van der Waals surface area contributed by atoms with Gasteiger partial charge in [0, 0.05) is 29.6 Å². The molecule has 1 N–H and O–H groups in total. The van der Waals surface area contributed by atoms with Crippen molar-refractivity contribution in [2.45, 2.75) is 38.3 Å². The van der Waals surface area contributed by atoms with Crippen LogP contribution in [0.1, 0.15) is 31.2 Å². The molecule has 0 amide bonds. The Balaban J connectivity index is 1.91. The minimum atomic E-state index is 0.531. The van der Waals surface area contributed by atoms with Gasteiger partial charge in [-0.2, -0.15) is 5.26 Å². The van der Waals surface area contributed by atoms with Gasteiger partial charge in [0.1, 0.15) is 5.75 Å². The summed E-state index contributed by atoms with van der Waals surface area (Å²) in [6.45, 7) is 1.37. The lowest BCUT2D eigenvalue weighted by molar-refractivity contribution is 0.308. The van der Waals surface area contributed by atoms with E-state index in [1.165, 1.54) is 12.8 Å². The molecule has 2 rings (SSSR count). The zero-order valence-electron chi connectivity index (χ0n) is 10.3. The number of nitrogens with one attached hydrogen (secondary N) is 1. The van der Waals surface area contributed by atoms with Gasteiger partial charge in [0.15, 0.2) is 0 Å². The molecule has 0 bridgehead atoms. The van der Waals surface area contributed by atoms with Crippen molar-refractivity contribution >= 4 is 11.6 Å². The molecule has 0 spiro atoms. The van der Waals surface area contributed by atoms with E-state index in [1.807, 2.05) is 18.2 Å². The van der Waals surface area contributed by atoms with Crippen LogP contribution in [0.5, 0.6) is 5.75 Å². The van der Waals surface area contributed by atoms with Crippen LogP contribution in [-0.2, 0) is 6.54 Å². The van der Waals surface area contributed by atoms with Gasteiger partial charge in [0.25, 0.3) is 0 Å². The number of ether oxygens (including phenoxy) is 1. The van der Waals surface area contributed by atoms with Crippen LogP contribution >= 0.6 is 11.6 Å². The highest BCUT2D eigenvalue weighted by Gasteiger charge is 2.20. The molecule has 0 radical (unpaired) electrons. The van der Waals surface area contributed by atoms with E-state index in [2.05, 4.69) is 11.4 Å². The summed E-state index contributed by atoms with van der Waals surface area (Å²) in [4.78, 5) is 0. The van der Waals surface area contributed by atoms with Gasteiger partial charge in [-0.1, -0.05) is 11.6 Å². The maximum atomic E-state index is 8.47. The Morgan fingerprint density at radius 1 is 1.44 bits per heavy atom. The lowest BCUT2D eigenvalue weighted by Crippen LogP contribution is -2.16. The summed E-state index contributed by atoms with van der Waals surface area (Å²) in [7, 11) is 0. The first kappa shape index (κ1) is 13.2. The molecule has 0 aliphatic heterocycles. The van der Waals surface area contributed by atoms with E-state index in [9.17, 15) is 0 Å². The molecule has 1 saturated carbocycles. The smallest absolute Gasteiger partial charge is 0.123 e. The van der Waals surface area contributed by atoms with E-state index < -0.39 is 0 Å². The van der Waals surface area contributed by atoms with Crippen molar-refractivity contribution in [3.63, 3.8) is 0 Å². The fraction of sp³-hybridized carbons (Fsp3) is 0.500. The Kier molecular flexibility index (Phi) is 4.86. The number of hydrogen-bond acceptors (Lipinski definition) is 3. The highest BCUT2D eigenvalue weighted by Crippen LogP contribution is 2.25. The van der Waals surface area contributed by atoms with Crippen LogP contribution in [0.4, 0.5) is 0 Å². The van der Waals surface area contributed by atoms with Crippen LogP contribution in [0.15, 0.2) is 18.2 Å². The molecule has 4 heteroatoms. The summed E-state index contributed by atoms with van der Waals surface area (Å²) in [5.41, 5.74) is 1.09. The zero-order valence-corrected chi connectivity index (χ0v) is 11.0. The predicted molar refractivity (Wildman–Crippen MR) is 71.7 cm³/mol. The Bertz CT molecular complexity index is 438. The Morgan fingerprint density at radius 3 is 3.00 bits per heavy atom. The third-order valence-corrected chi connectivity index (χ3v) is 3.11. The van der Waals surface area contributed by atoms with Gasteiger partial charge in [-0.15, -0.1) is 0 Å². The van der Waals surface area contributed by atoms with Crippen molar-refractivity contribution in [1.29, 1.82) is 5.26 Å². The molecule has 18 heavy (non-hydrogen) atoms. The minimum absolute atomic E-state index is 0.531. The maximum absolute atomic E-state index is 8.47. The van der Waals surface area contributed by atoms with Crippen molar-refractivity contribution in [1.82, 2.24) is 5.32 Å². The van der Waals surface area contributed by atoms with Gasteiger partial charge in [-0.05, 0) is 37.5 Å². The number of nitriles is 1. The summed E-state index contributed by atoms with van der Waals surface area (Å²) < 4.78 is 5.70.